The van der Waals surface area contributed by atoms with Gasteiger partial charge in [0.25, 0.3) is 0 Å². The fraction of sp³-hybridized carbons (Fsp3) is 0.850. The quantitative estimate of drug-likeness (QED) is 0.748. The topological polar surface area (TPSA) is 71.4 Å². The zero-order chi connectivity index (χ0) is 17.3. The van der Waals surface area contributed by atoms with Gasteiger partial charge in [0.2, 0.25) is 0 Å². The van der Waals surface area contributed by atoms with Crippen LogP contribution in [-0.2, 0) is 14.4 Å². The molecule has 24 heavy (non-hydrogen) atoms. The van der Waals surface area contributed by atoms with E-state index in [1.165, 1.54) is 0 Å². The molecule has 0 amide bonds. The molecule has 130 valence electrons. The van der Waals surface area contributed by atoms with Crippen LogP contribution in [0.1, 0.15) is 52.9 Å². The van der Waals surface area contributed by atoms with E-state index in [0.29, 0.717) is 19.3 Å². The Morgan fingerprint density at radius 2 is 1.79 bits per heavy atom. The van der Waals surface area contributed by atoms with Crippen molar-refractivity contribution in [3.63, 3.8) is 0 Å². The third-order valence-electron chi connectivity index (χ3n) is 9.46. The van der Waals surface area contributed by atoms with Crippen molar-refractivity contribution in [3.05, 3.63) is 0 Å². The van der Waals surface area contributed by atoms with Gasteiger partial charge in [-0.1, -0.05) is 20.8 Å². The number of aliphatic hydroxyl groups excluding tert-OH is 1. The van der Waals surface area contributed by atoms with Gasteiger partial charge in [-0.2, -0.15) is 0 Å². The molecule has 0 aromatic heterocycles. The summed E-state index contributed by atoms with van der Waals surface area (Å²) in [6.07, 6.45) is 3.48. The van der Waals surface area contributed by atoms with Gasteiger partial charge in [0.1, 0.15) is 5.78 Å². The summed E-state index contributed by atoms with van der Waals surface area (Å²) in [5.41, 5.74) is -2.05. The molecule has 1 N–H and O–H groups in total. The number of rotatable bonds is 1. The number of Topliss-reactive ketones (excluding diaryl/α,β-unsaturated/α-hetero) is 3. The molecule has 6 rings (SSSR count). The molecule has 6 aliphatic carbocycles. The van der Waals surface area contributed by atoms with Crippen molar-refractivity contribution in [2.45, 2.75) is 52.9 Å². The molecule has 6 fully saturated rings. The van der Waals surface area contributed by atoms with E-state index in [1.807, 2.05) is 13.8 Å². The fourth-order valence-corrected chi connectivity index (χ4v) is 8.05. The molecule has 4 heteroatoms. The summed E-state index contributed by atoms with van der Waals surface area (Å²) in [5, 5.41) is 9.99. The molecule has 0 aromatic carbocycles. The van der Waals surface area contributed by atoms with Crippen molar-refractivity contribution in [2.75, 3.05) is 6.61 Å². The van der Waals surface area contributed by atoms with Gasteiger partial charge in [0.05, 0.1) is 17.4 Å². The molecule has 4 nitrogen and oxygen atoms in total. The minimum Gasteiger partial charge on any atom is -0.395 e. The molecular formula is C20H26O4. The maximum absolute atomic E-state index is 13.3. The third kappa shape index (κ3) is 1.19. The zero-order valence-electron chi connectivity index (χ0n) is 14.7. The monoisotopic (exact) mass is 330 g/mol. The van der Waals surface area contributed by atoms with Gasteiger partial charge in [-0.05, 0) is 48.9 Å². The Morgan fingerprint density at radius 3 is 2.38 bits per heavy atom. The first kappa shape index (κ1) is 15.2. The van der Waals surface area contributed by atoms with Crippen LogP contribution in [0.25, 0.3) is 0 Å². The molecule has 0 aliphatic heterocycles. The molecule has 6 aliphatic rings. The van der Waals surface area contributed by atoms with E-state index >= 15 is 0 Å². The molecule has 4 bridgehead atoms. The second kappa shape index (κ2) is 3.87. The number of carbonyl (C=O) groups is 3. The van der Waals surface area contributed by atoms with E-state index in [4.69, 9.17) is 0 Å². The highest BCUT2D eigenvalue weighted by Gasteiger charge is 2.87. The van der Waals surface area contributed by atoms with Crippen molar-refractivity contribution in [3.8, 4) is 0 Å². The molecule has 8 atom stereocenters. The Bertz CT molecular complexity index is 712. The number of fused-ring (bicyclic) bond motifs is 1. The second-order valence-corrected chi connectivity index (χ2v) is 9.92. The van der Waals surface area contributed by atoms with Crippen LogP contribution in [0.2, 0.25) is 0 Å². The van der Waals surface area contributed by atoms with E-state index in [0.717, 1.165) is 12.8 Å². The normalized spacial score (nSPS) is 60.8. The molecule has 0 heterocycles. The van der Waals surface area contributed by atoms with Crippen LogP contribution in [0.15, 0.2) is 0 Å². The van der Waals surface area contributed by atoms with Gasteiger partial charge in [0, 0.05) is 17.8 Å². The number of hydrogen-bond acceptors (Lipinski definition) is 4. The van der Waals surface area contributed by atoms with Crippen LogP contribution in [0.5, 0.6) is 0 Å². The minimum absolute atomic E-state index is 0.0177. The second-order valence-electron chi connectivity index (χ2n) is 9.92. The summed E-state index contributed by atoms with van der Waals surface area (Å²) in [5.74, 6) is 0.953. The van der Waals surface area contributed by atoms with Gasteiger partial charge in [-0.15, -0.1) is 0 Å². The van der Waals surface area contributed by atoms with Crippen molar-refractivity contribution >= 4 is 17.3 Å². The first-order valence-corrected chi connectivity index (χ1v) is 9.42. The molecule has 0 radical (unpaired) electrons. The first-order valence-electron chi connectivity index (χ1n) is 9.42. The Balaban J connectivity index is 1.64. The summed E-state index contributed by atoms with van der Waals surface area (Å²) in [6.45, 7) is 5.97. The molecule has 1 spiro atoms. The average Bonchev–Trinajstić information content (AvgIpc) is 3.14. The molecular weight excluding hydrogens is 304 g/mol. The van der Waals surface area contributed by atoms with Crippen molar-refractivity contribution < 1.29 is 19.5 Å². The standard InChI is InChI=1S/C20H26O4/c1-17-6-5-13(22)18(2,9-21)11(17)4-7-20-12(17)8-10-14(15(20)23)19(10,3)16(20)24/h10-12,14,21H,4-9H2,1-3H3/t10-,11-,12-,14+,17+,18+,19-,20-/m1/s1. The summed E-state index contributed by atoms with van der Waals surface area (Å²) in [6, 6.07) is 0. The van der Waals surface area contributed by atoms with Crippen LogP contribution in [0, 0.1) is 45.3 Å². The molecule has 0 aromatic rings. The lowest BCUT2D eigenvalue weighted by atomic mass is 9.39. The highest BCUT2D eigenvalue weighted by atomic mass is 16.3. The van der Waals surface area contributed by atoms with E-state index < -0.39 is 10.8 Å². The van der Waals surface area contributed by atoms with Gasteiger partial charge in [0.15, 0.2) is 11.6 Å². The smallest absolute Gasteiger partial charge is 0.153 e. The summed E-state index contributed by atoms with van der Waals surface area (Å²) in [4.78, 5) is 39.0. The lowest BCUT2D eigenvalue weighted by molar-refractivity contribution is -0.186. The predicted molar refractivity (Wildman–Crippen MR) is 85.9 cm³/mol. The number of aliphatic hydroxyl groups is 1. The van der Waals surface area contributed by atoms with E-state index in [-0.39, 0.29) is 58.5 Å². The van der Waals surface area contributed by atoms with Crippen LogP contribution in [0.4, 0.5) is 0 Å². The van der Waals surface area contributed by atoms with Crippen LogP contribution in [-0.4, -0.2) is 29.1 Å². The van der Waals surface area contributed by atoms with E-state index in [1.54, 1.807) is 0 Å². The first-order chi connectivity index (χ1) is 11.2. The molecule has 6 saturated carbocycles. The van der Waals surface area contributed by atoms with Gasteiger partial charge in [-0.3, -0.25) is 14.4 Å². The Kier molecular flexibility index (Phi) is 2.46. The van der Waals surface area contributed by atoms with Gasteiger partial charge in [-0.25, -0.2) is 0 Å². The van der Waals surface area contributed by atoms with Crippen molar-refractivity contribution in [1.82, 2.24) is 0 Å². The highest BCUT2D eigenvalue weighted by Crippen LogP contribution is 2.82. The number of hydrogen-bond donors (Lipinski definition) is 1. The zero-order valence-corrected chi connectivity index (χ0v) is 14.7. The maximum atomic E-state index is 13.3. The lowest BCUT2D eigenvalue weighted by Gasteiger charge is -2.63. The predicted octanol–water partition coefficient (Wildman–Crippen LogP) is 2.17. The van der Waals surface area contributed by atoms with Gasteiger partial charge >= 0.3 is 0 Å². The Hall–Kier alpha value is -1.03. The van der Waals surface area contributed by atoms with Crippen molar-refractivity contribution in [2.24, 2.45) is 45.3 Å². The number of ketones is 3. The van der Waals surface area contributed by atoms with E-state index in [9.17, 15) is 19.5 Å². The Labute approximate surface area is 142 Å². The van der Waals surface area contributed by atoms with E-state index in [2.05, 4.69) is 6.92 Å². The lowest BCUT2D eigenvalue weighted by Crippen LogP contribution is -2.65. The molecule has 0 unspecified atom stereocenters. The maximum Gasteiger partial charge on any atom is 0.153 e. The van der Waals surface area contributed by atoms with Crippen LogP contribution in [0.3, 0.4) is 0 Å². The highest BCUT2D eigenvalue weighted by molar-refractivity contribution is 6.22. The SMILES string of the molecule is C[C@]12CCC(=O)[C@@](C)(CO)[C@@H]1CC[C@]13C(=O)[C@@H]4[C@@H](C[C@@H]12)[C@@]4(C)C3=O. The summed E-state index contributed by atoms with van der Waals surface area (Å²) >= 11 is 0. The number of carbonyl (C=O) groups excluding carboxylic acids is 3. The minimum atomic E-state index is -0.768. The Morgan fingerprint density at radius 1 is 1.08 bits per heavy atom. The summed E-state index contributed by atoms with van der Waals surface area (Å²) < 4.78 is 0. The third-order valence-corrected chi connectivity index (χ3v) is 9.46. The van der Waals surface area contributed by atoms with Gasteiger partial charge < -0.3 is 5.11 Å². The molecule has 0 saturated heterocycles. The summed E-state index contributed by atoms with van der Waals surface area (Å²) in [7, 11) is 0. The average molecular weight is 330 g/mol. The van der Waals surface area contributed by atoms with Crippen molar-refractivity contribution in [1.29, 1.82) is 0 Å². The van der Waals surface area contributed by atoms with Crippen LogP contribution < -0.4 is 0 Å². The van der Waals surface area contributed by atoms with Crippen LogP contribution >= 0.6 is 0 Å². The largest absolute Gasteiger partial charge is 0.395 e. The fourth-order valence-electron chi connectivity index (χ4n) is 8.05.